The van der Waals surface area contributed by atoms with Gasteiger partial charge in [0.1, 0.15) is 5.82 Å². The number of nitrogens with zero attached hydrogens (tertiary/aromatic N) is 2. The number of nitrogens with one attached hydrogen (secondary N) is 1. The van der Waals surface area contributed by atoms with Crippen molar-refractivity contribution in [1.29, 1.82) is 0 Å². The van der Waals surface area contributed by atoms with Crippen LogP contribution in [-0.4, -0.2) is 29.7 Å². The van der Waals surface area contributed by atoms with E-state index < -0.39 is 0 Å². The molecule has 0 radical (unpaired) electrons. The fraction of sp³-hybridized carbons (Fsp3) is 0.571. The van der Waals surface area contributed by atoms with Gasteiger partial charge >= 0.3 is 0 Å². The Morgan fingerprint density at radius 3 is 2.64 bits per heavy atom. The van der Waals surface area contributed by atoms with Gasteiger partial charge in [-0.3, -0.25) is 0 Å². The molecule has 1 aliphatic heterocycles. The second-order valence-electron chi connectivity index (χ2n) is 7.26. The van der Waals surface area contributed by atoms with Crippen LogP contribution in [0.2, 0.25) is 0 Å². The lowest BCUT2D eigenvalue weighted by molar-refractivity contribution is -0.0353. The molecule has 1 saturated heterocycles. The molecule has 4 nitrogen and oxygen atoms in total. The molecule has 0 atom stereocenters. The number of hydrogen-bond acceptors (Lipinski definition) is 4. The monoisotopic (exact) mass is 339 g/mol. The molecule has 2 aromatic rings. The normalized spacial score (nSPS) is 17.2. The van der Waals surface area contributed by atoms with Gasteiger partial charge in [-0.1, -0.05) is 13.8 Å². The molecule has 2 heterocycles. The number of hydroxylamine groups is 2. The molecule has 4 heteroatoms. The maximum Gasteiger partial charge on any atom is 0.152 e. The van der Waals surface area contributed by atoms with Gasteiger partial charge in [-0.25, -0.2) is 4.98 Å². The van der Waals surface area contributed by atoms with Crippen molar-refractivity contribution in [2.45, 2.75) is 58.8 Å². The van der Waals surface area contributed by atoms with Crippen LogP contribution in [0.3, 0.4) is 0 Å². The third-order valence-electron chi connectivity index (χ3n) is 5.46. The molecule has 4 rings (SSSR count). The molecule has 1 aliphatic carbocycles. The van der Waals surface area contributed by atoms with E-state index in [1.54, 1.807) is 0 Å². The number of anilines is 1. The molecule has 0 saturated carbocycles. The molecule has 0 bridgehead atoms. The lowest BCUT2D eigenvalue weighted by atomic mass is 10.0. The SMILES string of the molecule is CCCNc1nc2cc(ON3CCCC3)c(CC)cc2c2c1CCC2. The van der Waals surface area contributed by atoms with Gasteiger partial charge in [0, 0.05) is 31.1 Å². The zero-order chi connectivity index (χ0) is 17.2. The van der Waals surface area contributed by atoms with Crippen molar-refractivity contribution in [2.75, 3.05) is 25.0 Å². The maximum absolute atomic E-state index is 6.22. The third-order valence-corrected chi connectivity index (χ3v) is 5.46. The first kappa shape index (κ1) is 16.6. The van der Waals surface area contributed by atoms with E-state index in [9.17, 15) is 0 Å². The molecule has 1 aromatic carbocycles. The Morgan fingerprint density at radius 1 is 1.08 bits per heavy atom. The van der Waals surface area contributed by atoms with Crippen LogP contribution in [0.15, 0.2) is 12.1 Å². The summed E-state index contributed by atoms with van der Waals surface area (Å²) in [6.45, 7) is 7.45. The molecule has 2 aliphatic rings. The summed E-state index contributed by atoms with van der Waals surface area (Å²) in [6, 6.07) is 4.50. The van der Waals surface area contributed by atoms with Crippen LogP contribution in [-0.2, 0) is 19.3 Å². The number of aromatic nitrogens is 1. The number of fused-ring (bicyclic) bond motifs is 3. The van der Waals surface area contributed by atoms with Crippen molar-refractivity contribution in [2.24, 2.45) is 0 Å². The predicted octanol–water partition coefficient (Wildman–Crippen LogP) is 4.50. The van der Waals surface area contributed by atoms with Crippen LogP contribution < -0.4 is 10.2 Å². The molecule has 0 amide bonds. The van der Waals surface area contributed by atoms with Crippen molar-refractivity contribution in [3.63, 3.8) is 0 Å². The second kappa shape index (κ2) is 7.20. The van der Waals surface area contributed by atoms with E-state index in [1.807, 2.05) is 0 Å². The molecular weight excluding hydrogens is 310 g/mol. The summed E-state index contributed by atoms with van der Waals surface area (Å²) in [5.74, 6) is 2.09. The number of rotatable bonds is 6. The maximum atomic E-state index is 6.22. The summed E-state index contributed by atoms with van der Waals surface area (Å²) >= 11 is 0. The highest BCUT2D eigenvalue weighted by Crippen LogP contribution is 2.37. The molecule has 25 heavy (non-hydrogen) atoms. The Kier molecular flexibility index (Phi) is 4.80. The highest BCUT2D eigenvalue weighted by atomic mass is 16.7. The molecule has 1 N–H and O–H groups in total. The van der Waals surface area contributed by atoms with Crippen LogP contribution >= 0.6 is 0 Å². The Morgan fingerprint density at radius 2 is 1.88 bits per heavy atom. The molecule has 134 valence electrons. The zero-order valence-corrected chi connectivity index (χ0v) is 15.5. The van der Waals surface area contributed by atoms with E-state index >= 15 is 0 Å². The first-order valence-corrected chi connectivity index (χ1v) is 9.95. The van der Waals surface area contributed by atoms with Crippen LogP contribution in [0.25, 0.3) is 10.9 Å². The third kappa shape index (κ3) is 3.20. The van der Waals surface area contributed by atoms with Crippen molar-refractivity contribution in [3.8, 4) is 5.75 Å². The minimum atomic E-state index is 0.981. The Balaban J connectivity index is 1.78. The van der Waals surface area contributed by atoms with Crippen LogP contribution in [0.5, 0.6) is 5.75 Å². The largest absolute Gasteiger partial charge is 0.406 e. The van der Waals surface area contributed by atoms with Crippen LogP contribution in [0.4, 0.5) is 5.82 Å². The minimum absolute atomic E-state index is 0.981. The molecular formula is C21H29N3O. The molecule has 0 unspecified atom stereocenters. The average Bonchev–Trinajstić information content (AvgIpc) is 3.31. The number of hydrogen-bond donors (Lipinski definition) is 1. The minimum Gasteiger partial charge on any atom is -0.406 e. The van der Waals surface area contributed by atoms with E-state index in [4.69, 9.17) is 9.82 Å². The summed E-state index contributed by atoms with van der Waals surface area (Å²) in [5, 5.41) is 6.98. The van der Waals surface area contributed by atoms with Gasteiger partial charge in [-0.2, -0.15) is 0 Å². The van der Waals surface area contributed by atoms with Gasteiger partial charge in [-0.15, -0.1) is 5.06 Å². The van der Waals surface area contributed by atoms with Crippen molar-refractivity contribution in [3.05, 3.63) is 28.8 Å². The Hall–Kier alpha value is -1.81. The summed E-state index contributed by atoms with van der Waals surface area (Å²) in [6.07, 6.45) is 8.13. The van der Waals surface area contributed by atoms with Crippen LogP contribution in [0.1, 0.15) is 56.2 Å². The van der Waals surface area contributed by atoms with E-state index in [0.29, 0.717) is 0 Å². The van der Waals surface area contributed by atoms with Gasteiger partial charge in [0.15, 0.2) is 5.75 Å². The molecule has 0 spiro atoms. The lowest BCUT2D eigenvalue weighted by Crippen LogP contribution is -2.23. The van der Waals surface area contributed by atoms with E-state index in [-0.39, 0.29) is 0 Å². The van der Waals surface area contributed by atoms with Crippen molar-refractivity contribution in [1.82, 2.24) is 10.0 Å². The number of benzene rings is 1. The van der Waals surface area contributed by atoms with E-state index in [0.717, 1.165) is 56.0 Å². The molecule has 1 fully saturated rings. The highest BCUT2D eigenvalue weighted by Gasteiger charge is 2.22. The zero-order valence-electron chi connectivity index (χ0n) is 15.5. The van der Waals surface area contributed by atoms with E-state index in [1.165, 1.54) is 47.8 Å². The smallest absolute Gasteiger partial charge is 0.152 e. The highest BCUT2D eigenvalue weighted by molar-refractivity contribution is 5.88. The predicted molar refractivity (Wildman–Crippen MR) is 103 cm³/mol. The van der Waals surface area contributed by atoms with Crippen molar-refractivity contribution >= 4 is 16.7 Å². The van der Waals surface area contributed by atoms with Gasteiger partial charge in [-0.05, 0) is 67.7 Å². The quantitative estimate of drug-likeness (QED) is 0.841. The topological polar surface area (TPSA) is 37.4 Å². The summed E-state index contributed by atoms with van der Waals surface area (Å²) in [5.41, 5.74) is 5.32. The Bertz CT molecular complexity index is 766. The number of pyridine rings is 1. The standard InChI is InChI=1S/C21H29N3O/c1-3-10-22-21-17-9-7-8-16(17)18-13-15(4-2)20(14-19(18)23-21)25-24-11-5-6-12-24/h13-14H,3-12H2,1-2H3,(H,22,23). The van der Waals surface area contributed by atoms with Crippen LogP contribution in [0, 0.1) is 0 Å². The van der Waals surface area contributed by atoms with Gasteiger partial charge < -0.3 is 10.2 Å². The Labute approximate surface area is 150 Å². The first-order valence-electron chi connectivity index (χ1n) is 9.95. The summed E-state index contributed by atoms with van der Waals surface area (Å²) < 4.78 is 0. The van der Waals surface area contributed by atoms with Gasteiger partial charge in [0.05, 0.1) is 5.52 Å². The van der Waals surface area contributed by atoms with Gasteiger partial charge in [0.25, 0.3) is 0 Å². The summed E-state index contributed by atoms with van der Waals surface area (Å²) in [4.78, 5) is 11.2. The second-order valence-corrected chi connectivity index (χ2v) is 7.26. The first-order chi connectivity index (χ1) is 12.3. The van der Waals surface area contributed by atoms with Crippen molar-refractivity contribution < 1.29 is 4.84 Å². The summed E-state index contributed by atoms with van der Waals surface area (Å²) in [7, 11) is 0. The number of aryl methyl sites for hydroxylation is 2. The van der Waals surface area contributed by atoms with Gasteiger partial charge in [0.2, 0.25) is 0 Å². The van der Waals surface area contributed by atoms with E-state index in [2.05, 4.69) is 36.4 Å². The lowest BCUT2D eigenvalue weighted by Gasteiger charge is -2.20. The fourth-order valence-electron chi connectivity index (χ4n) is 4.11. The average molecular weight is 339 g/mol. The fourth-order valence-corrected chi connectivity index (χ4v) is 4.11. The molecule has 1 aromatic heterocycles.